The van der Waals surface area contributed by atoms with Gasteiger partial charge in [-0.1, -0.05) is 12.1 Å². The third-order valence-electron chi connectivity index (χ3n) is 2.35. The Morgan fingerprint density at radius 3 is 2.61 bits per heavy atom. The van der Waals surface area contributed by atoms with E-state index in [9.17, 15) is 23.1 Å². The van der Waals surface area contributed by atoms with Crippen molar-refractivity contribution in [2.75, 3.05) is 6.54 Å². The van der Waals surface area contributed by atoms with E-state index in [1.807, 2.05) is 6.07 Å². The molecule has 1 aromatic rings. The number of rotatable bonds is 5. The van der Waals surface area contributed by atoms with Crippen LogP contribution in [0.15, 0.2) is 24.3 Å². The Bertz CT molecular complexity index is 405. The van der Waals surface area contributed by atoms with Crippen LogP contribution < -0.4 is 5.32 Å². The van der Waals surface area contributed by atoms with E-state index in [0.717, 1.165) is 5.56 Å². The van der Waals surface area contributed by atoms with E-state index in [2.05, 4.69) is 0 Å². The highest BCUT2D eigenvalue weighted by molar-refractivity contribution is 5.81. The number of phenolic OH excluding ortho intramolecular Hbond substituents is 1. The minimum atomic E-state index is -4.81. The number of amides is 1. The Kier molecular flexibility index (Phi) is 5.00. The van der Waals surface area contributed by atoms with Gasteiger partial charge in [-0.25, -0.2) is 0 Å². The van der Waals surface area contributed by atoms with Crippen molar-refractivity contribution < 1.29 is 23.1 Å². The Hall–Kier alpha value is -1.72. The molecule has 100 valence electrons. The predicted molar refractivity (Wildman–Crippen MR) is 60.1 cm³/mol. The molecule has 0 aromatic heterocycles. The number of hydrogen-bond acceptors (Lipinski definition) is 2. The highest BCUT2D eigenvalue weighted by atomic mass is 19.4. The minimum absolute atomic E-state index is 0.00282. The zero-order valence-corrected chi connectivity index (χ0v) is 9.63. The molecule has 0 saturated carbocycles. The first kappa shape index (κ1) is 14.3. The van der Waals surface area contributed by atoms with Gasteiger partial charge in [-0.05, 0) is 37.0 Å². The van der Waals surface area contributed by atoms with Gasteiger partial charge in [0.25, 0.3) is 0 Å². The number of phenols is 1. The molecule has 0 saturated heterocycles. The SMILES string of the molecule is O=C(NCCCCc1cccc(O)c1)C(F)(F)F. The highest BCUT2D eigenvalue weighted by Crippen LogP contribution is 2.15. The van der Waals surface area contributed by atoms with Gasteiger partial charge in [0.05, 0.1) is 0 Å². The fourth-order valence-corrected chi connectivity index (χ4v) is 1.47. The van der Waals surface area contributed by atoms with Crippen molar-refractivity contribution >= 4 is 5.91 Å². The molecule has 0 aliphatic rings. The van der Waals surface area contributed by atoms with Crippen molar-refractivity contribution in [3.63, 3.8) is 0 Å². The summed E-state index contributed by atoms with van der Waals surface area (Å²) in [5, 5.41) is 11.0. The molecule has 0 heterocycles. The number of carbonyl (C=O) groups is 1. The Morgan fingerprint density at radius 1 is 1.28 bits per heavy atom. The maximum absolute atomic E-state index is 11.8. The standard InChI is InChI=1S/C12H14F3NO2/c13-12(14,15)11(18)16-7-2-1-4-9-5-3-6-10(17)8-9/h3,5-6,8,17H,1-2,4,7H2,(H,16,18). The van der Waals surface area contributed by atoms with Crippen LogP contribution in [-0.4, -0.2) is 23.7 Å². The van der Waals surface area contributed by atoms with Gasteiger partial charge in [-0.2, -0.15) is 13.2 Å². The minimum Gasteiger partial charge on any atom is -0.508 e. The fourth-order valence-electron chi connectivity index (χ4n) is 1.47. The first-order chi connectivity index (χ1) is 8.39. The molecule has 1 amide bonds. The highest BCUT2D eigenvalue weighted by Gasteiger charge is 2.38. The Morgan fingerprint density at radius 2 is 2.00 bits per heavy atom. The summed E-state index contributed by atoms with van der Waals surface area (Å²) in [5.41, 5.74) is 0.914. The van der Waals surface area contributed by atoms with E-state index in [0.29, 0.717) is 19.3 Å². The zero-order valence-electron chi connectivity index (χ0n) is 9.63. The lowest BCUT2D eigenvalue weighted by atomic mass is 10.1. The van der Waals surface area contributed by atoms with E-state index in [1.165, 1.54) is 0 Å². The van der Waals surface area contributed by atoms with Crippen LogP contribution in [0.25, 0.3) is 0 Å². The largest absolute Gasteiger partial charge is 0.508 e. The van der Waals surface area contributed by atoms with Crippen LogP contribution in [0, 0.1) is 0 Å². The summed E-state index contributed by atoms with van der Waals surface area (Å²) in [6, 6.07) is 6.69. The Balaban J connectivity index is 2.18. The number of nitrogens with one attached hydrogen (secondary N) is 1. The average molecular weight is 261 g/mol. The van der Waals surface area contributed by atoms with Gasteiger partial charge >= 0.3 is 12.1 Å². The van der Waals surface area contributed by atoms with Gasteiger partial charge in [-0.3, -0.25) is 4.79 Å². The normalized spacial score (nSPS) is 11.3. The van der Waals surface area contributed by atoms with E-state index in [-0.39, 0.29) is 12.3 Å². The molecule has 0 aliphatic carbocycles. The van der Waals surface area contributed by atoms with Crippen LogP contribution in [0.5, 0.6) is 5.75 Å². The molecule has 0 radical (unpaired) electrons. The van der Waals surface area contributed by atoms with Crippen molar-refractivity contribution in [3.05, 3.63) is 29.8 Å². The smallest absolute Gasteiger partial charge is 0.471 e. The number of hydrogen-bond donors (Lipinski definition) is 2. The summed E-state index contributed by atoms with van der Waals surface area (Å²) < 4.78 is 35.5. The first-order valence-corrected chi connectivity index (χ1v) is 5.52. The zero-order chi connectivity index (χ0) is 13.6. The quantitative estimate of drug-likeness (QED) is 0.799. The van der Waals surface area contributed by atoms with Crippen LogP contribution >= 0.6 is 0 Å². The molecule has 6 heteroatoms. The van der Waals surface area contributed by atoms with Crippen molar-refractivity contribution in [1.82, 2.24) is 5.32 Å². The molecule has 3 nitrogen and oxygen atoms in total. The number of unbranched alkanes of at least 4 members (excludes halogenated alkanes) is 1. The topological polar surface area (TPSA) is 49.3 Å². The second-order valence-electron chi connectivity index (χ2n) is 3.88. The lowest BCUT2D eigenvalue weighted by Crippen LogP contribution is -2.37. The van der Waals surface area contributed by atoms with Crippen LogP contribution in [0.3, 0.4) is 0 Å². The van der Waals surface area contributed by atoms with E-state index in [1.54, 1.807) is 23.5 Å². The van der Waals surface area contributed by atoms with Crippen LogP contribution in [-0.2, 0) is 11.2 Å². The van der Waals surface area contributed by atoms with Crippen molar-refractivity contribution in [2.24, 2.45) is 0 Å². The third kappa shape index (κ3) is 5.07. The summed E-state index contributed by atoms with van der Waals surface area (Å²) in [5.74, 6) is -1.74. The number of halogens is 3. The molecule has 0 fully saturated rings. The summed E-state index contributed by atoms with van der Waals surface area (Å²) in [7, 11) is 0. The van der Waals surface area contributed by atoms with Crippen molar-refractivity contribution in [1.29, 1.82) is 0 Å². The average Bonchev–Trinajstić information content (AvgIpc) is 2.27. The molecular formula is C12H14F3NO2. The van der Waals surface area contributed by atoms with Crippen molar-refractivity contribution in [2.45, 2.75) is 25.4 Å². The summed E-state index contributed by atoms with van der Waals surface area (Å²) in [4.78, 5) is 10.5. The maximum Gasteiger partial charge on any atom is 0.471 e. The lowest BCUT2D eigenvalue weighted by molar-refractivity contribution is -0.173. The third-order valence-corrected chi connectivity index (χ3v) is 2.35. The summed E-state index contributed by atoms with van der Waals surface area (Å²) >= 11 is 0. The predicted octanol–water partition coefficient (Wildman–Crippen LogP) is 2.39. The van der Waals surface area contributed by atoms with Crippen LogP contribution in [0.2, 0.25) is 0 Å². The van der Waals surface area contributed by atoms with Crippen LogP contribution in [0.4, 0.5) is 13.2 Å². The molecule has 0 unspecified atom stereocenters. The molecule has 0 spiro atoms. The van der Waals surface area contributed by atoms with E-state index in [4.69, 9.17) is 0 Å². The van der Waals surface area contributed by atoms with Gasteiger partial charge in [0.2, 0.25) is 0 Å². The van der Waals surface area contributed by atoms with Gasteiger partial charge < -0.3 is 10.4 Å². The number of alkyl halides is 3. The number of benzene rings is 1. The molecular weight excluding hydrogens is 247 g/mol. The molecule has 0 bridgehead atoms. The van der Waals surface area contributed by atoms with Gasteiger partial charge in [0.1, 0.15) is 5.75 Å². The number of aryl methyl sites for hydroxylation is 1. The monoisotopic (exact) mass is 261 g/mol. The molecule has 18 heavy (non-hydrogen) atoms. The van der Waals surface area contributed by atoms with Gasteiger partial charge in [-0.15, -0.1) is 0 Å². The molecule has 2 N–H and O–H groups in total. The molecule has 0 aliphatic heterocycles. The van der Waals surface area contributed by atoms with Crippen LogP contribution in [0.1, 0.15) is 18.4 Å². The number of carbonyl (C=O) groups excluding carboxylic acids is 1. The molecule has 1 rings (SSSR count). The maximum atomic E-state index is 11.8. The molecule has 1 aromatic carbocycles. The summed E-state index contributed by atoms with van der Waals surface area (Å²) in [6.45, 7) is -0.00282. The van der Waals surface area contributed by atoms with Crippen molar-refractivity contribution in [3.8, 4) is 5.75 Å². The first-order valence-electron chi connectivity index (χ1n) is 5.52. The van der Waals surface area contributed by atoms with Gasteiger partial charge in [0, 0.05) is 6.54 Å². The second kappa shape index (κ2) is 6.28. The summed E-state index contributed by atoms with van der Waals surface area (Å²) in [6.07, 6.45) is -3.07. The fraction of sp³-hybridized carbons (Fsp3) is 0.417. The number of aromatic hydroxyl groups is 1. The second-order valence-corrected chi connectivity index (χ2v) is 3.88. The Labute approximate surface area is 103 Å². The molecule has 0 atom stereocenters. The van der Waals surface area contributed by atoms with E-state index < -0.39 is 12.1 Å². The van der Waals surface area contributed by atoms with E-state index >= 15 is 0 Å². The van der Waals surface area contributed by atoms with Gasteiger partial charge in [0.15, 0.2) is 0 Å². The lowest BCUT2D eigenvalue weighted by Gasteiger charge is -2.07.